The Balaban J connectivity index is 1.65. The highest BCUT2D eigenvalue weighted by Gasteiger charge is 2.57. The molecule has 8 nitrogen and oxygen atoms in total. The Morgan fingerprint density at radius 2 is 0.766 bits per heavy atom. The maximum Gasteiger partial charge on any atom is 0.307 e. The van der Waals surface area contributed by atoms with Gasteiger partial charge in [0.2, 0.25) is 0 Å². The van der Waals surface area contributed by atoms with Crippen LogP contribution in [0.15, 0.2) is 24.3 Å². The Morgan fingerprint density at radius 1 is 0.453 bits per heavy atom. The number of hydrogen-bond acceptors (Lipinski definition) is 4. The highest BCUT2D eigenvalue weighted by atomic mass is 16.4. The van der Waals surface area contributed by atoms with Crippen molar-refractivity contribution in [3.05, 3.63) is 24.3 Å². The summed E-state index contributed by atoms with van der Waals surface area (Å²) >= 11 is 0. The van der Waals surface area contributed by atoms with Gasteiger partial charge in [-0.05, 0) is 112 Å². The van der Waals surface area contributed by atoms with Crippen molar-refractivity contribution in [3.63, 3.8) is 0 Å². The fourth-order valence-corrected chi connectivity index (χ4v) is 12.7. The van der Waals surface area contributed by atoms with E-state index in [1.165, 1.54) is 180 Å². The normalized spacial score (nSPS) is 23.5. The van der Waals surface area contributed by atoms with Crippen molar-refractivity contribution < 1.29 is 39.6 Å². The van der Waals surface area contributed by atoms with Gasteiger partial charge in [0, 0.05) is 0 Å². The Bertz CT molecular complexity index is 1240. The Hall–Kier alpha value is -2.64. The molecule has 3 saturated carbocycles. The quantitative estimate of drug-likeness (QED) is 0.0349. The molecule has 10 unspecified atom stereocenters. The molecule has 10 atom stereocenters. The molecule has 64 heavy (non-hydrogen) atoms. The van der Waals surface area contributed by atoms with Crippen LogP contribution >= 0.6 is 0 Å². The summed E-state index contributed by atoms with van der Waals surface area (Å²) < 4.78 is 0. The van der Waals surface area contributed by atoms with Gasteiger partial charge in [-0.15, -0.1) is 0 Å². The summed E-state index contributed by atoms with van der Waals surface area (Å²) in [5.74, 6) is -0.956. The van der Waals surface area contributed by atoms with Crippen LogP contribution in [-0.2, 0) is 19.2 Å². The summed E-state index contributed by atoms with van der Waals surface area (Å²) in [4.78, 5) is 46.7. The Kier molecular flexibility index (Phi) is 29.4. The number of unbranched alkanes of at least 4 members (excludes halogenated alkanes) is 22. The van der Waals surface area contributed by atoms with E-state index in [0.29, 0.717) is 23.7 Å². The van der Waals surface area contributed by atoms with Crippen LogP contribution < -0.4 is 0 Å². The summed E-state index contributed by atoms with van der Waals surface area (Å²) in [5.41, 5.74) is 0. The van der Waals surface area contributed by atoms with Crippen molar-refractivity contribution >= 4 is 23.9 Å². The van der Waals surface area contributed by atoms with Gasteiger partial charge in [-0.25, -0.2) is 0 Å². The monoisotopic (exact) mass is 897 g/mol. The molecule has 3 fully saturated rings. The largest absolute Gasteiger partial charge is 0.481 e. The molecular weight excluding hydrogens is 801 g/mol. The van der Waals surface area contributed by atoms with Crippen LogP contribution in [0, 0.1) is 59.2 Å². The van der Waals surface area contributed by atoms with Crippen molar-refractivity contribution in [1.82, 2.24) is 0 Å². The molecule has 0 saturated heterocycles. The minimum atomic E-state index is -1.07. The van der Waals surface area contributed by atoms with E-state index >= 15 is 0 Å². The molecule has 8 heteroatoms. The van der Waals surface area contributed by atoms with Crippen molar-refractivity contribution in [1.29, 1.82) is 0 Å². The first-order valence-corrected chi connectivity index (χ1v) is 27.3. The lowest BCUT2D eigenvalue weighted by Gasteiger charge is -2.32. The van der Waals surface area contributed by atoms with Crippen molar-refractivity contribution in [3.8, 4) is 0 Å². The van der Waals surface area contributed by atoms with E-state index in [0.717, 1.165) is 49.4 Å². The highest BCUT2D eigenvalue weighted by molar-refractivity contribution is 5.78. The average molecular weight is 897 g/mol. The maximum atomic E-state index is 11.9. The van der Waals surface area contributed by atoms with Crippen LogP contribution in [0.5, 0.6) is 0 Å². The molecule has 0 aromatic heterocycles. The van der Waals surface area contributed by atoms with E-state index < -0.39 is 35.7 Å². The molecule has 0 aromatic rings. The lowest BCUT2D eigenvalue weighted by Crippen LogP contribution is -2.26. The Labute approximate surface area is 390 Å². The van der Waals surface area contributed by atoms with Crippen LogP contribution in [0.2, 0.25) is 0 Å². The van der Waals surface area contributed by atoms with Gasteiger partial charge in [0.15, 0.2) is 0 Å². The number of allylic oxidation sites excluding steroid dienone is 4. The van der Waals surface area contributed by atoms with E-state index in [1.807, 2.05) is 12.2 Å². The van der Waals surface area contributed by atoms with E-state index in [2.05, 4.69) is 26.0 Å². The molecule has 4 N–H and O–H groups in total. The van der Waals surface area contributed by atoms with E-state index in [1.54, 1.807) is 0 Å². The third-order valence-corrected chi connectivity index (χ3v) is 16.0. The molecule has 0 amide bonds. The number of carboxylic acid groups (broad SMARTS) is 4. The number of fused-ring (bicyclic) bond motifs is 5. The second-order valence-electron chi connectivity index (χ2n) is 21.2. The second-order valence-corrected chi connectivity index (χ2v) is 21.2. The molecular formula is C56H96O8. The number of carboxylic acids is 4. The maximum absolute atomic E-state index is 11.9. The van der Waals surface area contributed by atoms with Crippen LogP contribution in [0.4, 0.5) is 0 Å². The van der Waals surface area contributed by atoms with Crippen LogP contribution in [-0.4, -0.2) is 44.3 Å². The summed E-state index contributed by atoms with van der Waals surface area (Å²) in [6.45, 7) is 4.54. The van der Waals surface area contributed by atoms with Gasteiger partial charge < -0.3 is 20.4 Å². The molecule has 3 aliphatic carbocycles. The van der Waals surface area contributed by atoms with Crippen LogP contribution in [0.25, 0.3) is 0 Å². The summed E-state index contributed by atoms with van der Waals surface area (Å²) in [7, 11) is 0. The fraction of sp³-hybridized carbons (Fsp3) is 0.857. The van der Waals surface area contributed by atoms with Crippen LogP contribution in [0.1, 0.15) is 245 Å². The van der Waals surface area contributed by atoms with Crippen molar-refractivity contribution in [2.45, 2.75) is 245 Å². The van der Waals surface area contributed by atoms with Gasteiger partial charge in [0.1, 0.15) is 0 Å². The van der Waals surface area contributed by atoms with Gasteiger partial charge in [-0.1, -0.05) is 192 Å². The van der Waals surface area contributed by atoms with Gasteiger partial charge in [-0.3, -0.25) is 19.2 Å². The topological polar surface area (TPSA) is 149 Å². The van der Waals surface area contributed by atoms with Crippen molar-refractivity contribution in [2.75, 3.05) is 0 Å². The predicted molar refractivity (Wildman–Crippen MR) is 261 cm³/mol. The zero-order valence-electron chi connectivity index (χ0n) is 41.0. The Morgan fingerprint density at radius 3 is 1.06 bits per heavy atom. The highest BCUT2D eigenvalue weighted by Crippen LogP contribution is 2.65. The fourth-order valence-electron chi connectivity index (χ4n) is 12.7. The third kappa shape index (κ3) is 22.7. The van der Waals surface area contributed by atoms with Gasteiger partial charge in [0.25, 0.3) is 0 Å². The van der Waals surface area contributed by atoms with Gasteiger partial charge >= 0.3 is 23.9 Å². The zero-order chi connectivity index (χ0) is 46.4. The molecule has 0 spiro atoms. The summed E-state index contributed by atoms with van der Waals surface area (Å²) in [5, 5.41) is 38.2. The number of aliphatic carboxylic acids is 4. The van der Waals surface area contributed by atoms with E-state index in [4.69, 9.17) is 0 Å². The first-order valence-electron chi connectivity index (χ1n) is 27.3. The van der Waals surface area contributed by atoms with E-state index in [-0.39, 0.29) is 25.7 Å². The lowest BCUT2D eigenvalue weighted by atomic mass is 9.72. The average Bonchev–Trinajstić information content (AvgIpc) is 3.98. The minimum absolute atomic E-state index is 0.253. The molecule has 0 aromatic carbocycles. The molecule has 368 valence electrons. The summed E-state index contributed by atoms with van der Waals surface area (Å²) in [6, 6.07) is 0. The summed E-state index contributed by atoms with van der Waals surface area (Å²) in [6.07, 6.45) is 49.5. The smallest absolute Gasteiger partial charge is 0.307 e. The molecule has 3 rings (SSSR count). The zero-order valence-corrected chi connectivity index (χ0v) is 41.0. The minimum Gasteiger partial charge on any atom is -0.481 e. The van der Waals surface area contributed by atoms with Gasteiger partial charge in [0.05, 0.1) is 24.7 Å². The first-order chi connectivity index (χ1) is 31.0. The van der Waals surface area contributed by atoms with Crippen molar-refractivity contribution in [2.24, 2.45) is 59.2 Å². The number of hydrogen-bond donors (Lipinski definition) is 4. The van der Waals surface area contributed by atoms with Gasteiger partial charge in [-0.2, -0.15) is 0 Å². The molecule has 3 aliphatic rings. The third-order valence-electron chi connectivity index (χ3n) is 16.0. The predicted octanol–water partition coefficient (Wildman–Crippen LogP) is 15.7. The molecule has 0 aliphatic heterocycles. The number of carbonyl (C=O) groups is 4. The van der Waals surface area contributed by atoms with E-state index in [9.17, 15) is 39.6 Å². The first kappa shape index (κ1) is 55.7. The SMILES string of the molecule is CCCCCCCCCCCCCCC(/C=C/CC(CC(=O)O)C(=O)O)CC1CC(CC(/C=C/CC(CC(=O)O)C(=O)O)CCCCCCCCCCCCCC)C2C3CCC(C3)C12. The van der Waals surface area contributed by atoms with Crippen LogP contribution in [0.3, 0.4) is 0 Å². The lowest BCUT2D eigenvalue weighted by molar-refractivity contribution is -0.148. The number of rotatable bonds is 42. The standard InChI is InChI=1S/C56H96O8/c1-3-5-7-9-11-13-15-17-19-21-23-25-29-43(31-27-33-47(55(61)62)41-51(57)58)37-49-40-50(54-46-36-35-45(39-46)53(49)54)38-44(32-28-34-48(56(63)64)42-52(59)60)30-26-24-22-20-18-16-14-12-10-8-6-4-2/h27-28,31-32,43-50,53-54H,3-26,29-30,33-42H2,1-2H3,(H,57,58)(H,59,60)(H,61,62)(H,63,64)/b31-27+,32-28+. The second kappa shape index (κ2) is 33.8. The molecule has 0 heterocycles. The molecule has 0 radical (unpaired) electrons. The molecule has 2 bridgehead atoms.